The van der Waals surface area contributed by atoms with Crippen molar-refractivity contribution in [2.24, 2.45) is 5.73 Å². The first kappa shape index (κ1) is 26.3. The molecular weight excluding hydrogens is 498 g/mol. The van der Waals surface area contributed by atoms with E-state index in [4.69, 9.17) is 19.9 Å². The van der Waals surface area contributed by atoms with E-state index < -0.39 is 82.6 Å². The van der Waals surface area contributed by atoms with Crippen LogP contribution in [0.2, 0.25) is 0 Å². The Kier molecular flexibility index (Phi) is 6.32. The summed E-state index contributed by atoms with van der Waals surface area (Å²) in [5, 5.41) is 44.1. The van der Waals surface area contributed by atoms with Crippen LogP contribution in [0, 0.1) is 0 Å². The number of ketones is 3. The molecule has 0 unspecified atom stereocenters. The summed E-state index contributed by atoms with van der Waals surface area (Å²) in [6.45, 7) is 2.79. The molecule has 3 aliphatic rings. The average Bonchev–Trinajstić information content (AvgIpc) is 2.87. The number of nitrogens with two attached hydrogens (primary N) is 1. The Hall–Kier alpha value is -3.35. The molecule has 11 heteroatoms. The molecule has 2 aromatic rings. The van der Waals surface area contributed by atoms with E-state index in [1.807, 2.05) is 0 Å². The zero-order valence-electron chi connectivity index (χ0n) is 21.1. The average molecular weight is 528 g/mol. The number of phenolic OH excluding ortho intramolecular Hbond substituents is 2. The van der Waals surface area contributed by atoms with Gasteiger partial charge in [-0.15, -0.1) is 0 Å². The van der Waals surface area contributed by atoms with Crippen LogP contribution in [0.1, 0.15) is 75.8 Å². The molecule has 6 N–H and O–H groups in total. The SMILES string of the molecule is COc1cccc2c1C(=O)c1c(O)c3c(c(O)c1C2=O)C[C@@](O)(C(C)=O)C[C@H]3O[C@H]1C[C@@H](N)[C@H](O)[C@@H](C)O1. The summed E-state index contributed by atoms with van der Waals surface area (Å²) in [6, 6.07) is 3.75. The highest BCUT2D eigenvalue weighted by Gasteiger charge is 2.49. The smallest absolute Gasteiger partial charge is 0.202 e. The lowest BCUT2D eigenvalue weighted by Gasteiger charge is -2.42. The lowest BCUT2D eigenvalue weighted by Crippen LogP contribution is -2.52. The van der Waals surface area contributed by atoms with Crippen molar-refractivity contribution < 1.29 is 49.0 Å². The van der Waals surface area contributed by atoms with Gasteiger partial charge in [-0.2, -0.15) is 0 Å². The van der Waals surface area contributed by atoms with Crippen LogP contribution in [0.25, 0.3) is 0 Å². The molecule has 2 aliphatic carbocycles. The van der Waals surface area contributed by atoms with Gasteiger partial charge in [-0.3, -0.25) is 14.4 Å². The van der Waals surface area contributed by atoms with Crippen molar-refractivity contribution in [1.82, 2.24) is 0 Å². The molecule has 38 heavy (non-hydrogen) atoms. The number of hydrogen-bond donors (Lipinski definition) is 5. The maximum atomic E-state index is 13.6. The number of benzene rings is 2. The molecule has 0 radical (unpaired) electrons. The molecule has 1 aliphatic heterocycles. The summed E-state index contributed by atoms with van der Waals surface area (Å²) in [5.41, 5.74) is 2.97. The van der Waals surface area contributed by atoms with Crippen LogP contribution < -0.4 is 10.5 Å². The van der Waals surface area contributed by atoms with Gasteiger partial charge in [-0.1, -0.05) is 12.1 Å². The lowest BCUT2D eigenvalue weighted by molar-refractivity contribution is -0.247. The van der Waals surface area contributed by atoms with Gasteiger partial charge in [-0.05, 0) is 19.9 Å². The molecule has 2 aromatic carbocycles. The van der Waals surface area contributed by atoms with Crippen molar-refractivity contribution in [3.8, 4) is 17.2 Å². The third-order valence-corrected chi connectivity index (χ3v) is 7.80. The molecule has 11 nitrogen and oxygen atoms in total. The van der Waals surface area contributed by atoms with Crippen LogP contribution in [0.15, 0.2) is 18.2 Å². The maximum Gasteiger partial charge on any atom is 0.202 e. The zero-order valence-corrected chi connectivity index (χ0v) is 21.1. The summed E-state index contributed by atoms with van der Waals surface area (Å²) < 4.78 is 17.1. The molecule has 0 saturated carbocycles. The number of aliphatic hydroxyl groups excluding tert-OH is 1. The summed E-state index contributed by atoms with van der Waals surface area (Å²) >= 11 is 0. The summed E-state index contributed by atoms with van der Waals surface area (Å²) in [7, 11) is 1.34. The van der Waals surface area contributed by atoms with Crippen LogP contribution >= 0.6 is 0 Å². The zero-order chi connectivity index (χ0) is 27.7. The Morgan fingerprint density at radius 1 is 1.13 bits per heavy atom. The number of aromatic hydroxyl groups is 2. The van der Waals surface area contributed by atoms with Crippen molar-refractivity contribution in [2.75, 3.05) is 7.11 Å². The Balaban J connectivity index is 1.68. The van der Waals surface area contributed by atoms with Crippen molar-refractivity contribution in [3.63, 3.8) is 0 Å². The number of rotatable bonds is 4. The fraction of sp³-hybridized carbons (Fsp3) is 0.444. The molecule has 1 saturated heterocycles. The van der Waals surface area contributed by atoms with E-state index in [9.17, 15) is 34.8 Å². The second kappa shape index (κ2) is 9.14. The van der Waals surface area contributed by atoms with Crippen molar-refractivity contribution in [2.45, 2.75) is 69.4 Å². The van der Waals surface area contributed by atoms with Crippen LogP contribution in [0.4, 0.5) is 0 Å². The molecule has 6 atom stereocenters. The number of carbonyl (C=O) groups is 3. The quantitative estimate of drug-likeness (QED) is 0.305. The normalized spacial score (nSPS) is 30.3. The monoisotopic (exact) mass is 527 g/mol. The molecule has 0 bridgehead atoms. The van der Waals surface area contributed by atoms with Crippen LogP contribution in [0.5, 0.6) is 17.2 Å². The largest absolute Gasteiger partial charge is 0.507 e. The Bertz CT molecular complexity index is 1360. The second-order valence-corrected chi connectivity index (χ2v) is 10.1. The number of aliphatic hydroxyl groups is 2. The first-order valence-corrected chi connectivity index (χ1v) is 12.2. The van der Waals surface area contributed by atoms with E-state index in [0.29, 0.717) is 0 Å². The van der Waals surface area contributed by atoms with Gasteiger partial charge < -0.3 is 40.4 Å². The summed E-state index contributed by atoms with van der Waals surface area (Å²) in [5.74, 6) is -3.18. The fourth-order valence-electron chi connectivity index (χ4n) is 5.66. The third kappa shape index (κ3) is 3.81. The van der Waals surface area contributed by atoms with Gasteiger partial charge in [0.25, 0.3) is 0 Å². The molecule has 0 aromatic heterocycles. The molecular formula is C27H29NO10. The molecule has 0 amide bonds. The topological polar surface area (TPSA) is 186 Å². The van der Waals surface area contributed by atoms with Gasteiger partial charge in [0.1, 0.15) is 22.8 Å². The minimum atomic E-state index is -2.00. The van der Waals surface area contributed by atoms with Gasteiger partial charge in [0.15, 0.2) is 17.9 Å². The minimum Gasteiger partial charge on any atom is -0.507 e. The van der Waals surface area contributed by atoms with Crippen molar-refractivity contribution in [3.05, 3.63) is 51.6 Å². The molecule has 202 valence electrons. The van der Waals surface area contributed by atoms with Gasteiger partial charge >= 0.3 is 0 Å². The van der Waals surface area contributed by atoms with E-state index in [1.54, 1.807) is 6.92 Å². The summed E-state index contributed by atoms with van der Waals surface area (Å²) in [6.07, 6.45) is -4.53. The lowest BCUT2D eigenvalue weighted by atomic mass is 9.72. The number of phenols is 2. The minimum absolute atomic E-state index is 0.0147. The molecule has 1 heterocycles. The van der Waals surface area contributed by atoms with Gasteiger partial charge in [0, 0.05) is 42.0 Å². The molecule has 1 fully saturated rings. The van der Waals surface area contributed by atoms with Crippen LogP contribution in [-0.2, 0) is 20.7 Å². The van der Waals surface area contributed by atoms with Crippen molar-refractivity contribution in [1.29, 1.82) is 0 Å². The number of hydrogen-bond acceptors (Lipinski definition) is 11. The second-order valence-electron chi connectivity index (χ2n) is 10.1. The van der Waals surface area contributed by atoms with E-state index in [0.717, 1.165) is 0 Å². The van der Waals surface area contributed by atoms with E-state index >= 15 is 0 Å². The molecule has 5 rings (SSSR count). The predicted octanol–water partition coefficient (Wildman–Crippen LogP) is 1.03. The van der Waals surface area contributed by atoms with Gasteiger partial charge in [0.2, 0.25) is 5.78 Å². The number of methoxy groups -OCH3 is 1. The third-order valence-electron chi connectivity index (χ3n) is 7.80. The van der Waals surface area contributed by atoms with Crippen LogP contribution in [-0.4, -0.2) is 75.0 Å². The first-order chi connectivity index (χ1) is 17.9. The van der Waals surface area contributed by atoms with Crippen LogP contribution in [0.3, 0.4) is 0 Å². The Morgan fingerprint density at radius 3 is 2.45 bits per heavy atom. The number of ether oxygens (including phenoxy) is 3. The number of fused-ring (bicyclic) bond motifs is 3. The number of Topliss-reactive ketones (excluding diaryl/α,β-unsaturated/α-hetero) is 1. The van der Waals surface area contributed by atoms with E-state index in [2.05, 4.69) is 0 Å². The first-order valence-electron chi connectivity index (χ1n) is 12.2. The highest BCUT2D eigenvalue weighted by molar-refractivity contribution is 6.31. The van der Waals surface area contributed by atoms with E-state index in [-0.39, 0.29) is 40.8 Å². The highest BCUT2D eigenvalue weighted by atomic mass is 16.7. The summed E-state index contributed by atoms with van der Waals surface area (Å²) in [4.78, 5) is 39.6. The predicted molar refractivity (Wildman–Crippen MR) is 130 cm³/mol. The van der Waals surface area contributed by atoms with Gasteiger partial charge in [-0.25, -0.2) is 0 Å². The Morgan fingerprint density at radius 2 is 1.82 bits per heavy atom. The number of carbonyl (C=O) groups excluding carboxylic acids is 3. The Labute approximate surface area is 217 Å². The molecule has 0 spiro atoms. The maximum absolute atomic E-state index is 13.6. The van der Waals surface area contributed by atoms with Crippen molar-refractivity contribution >= 4 is 17.3 Å². The van der Waals surface area contributed by atoms with E-state index in [1.165, 1.54) is 32.2 Å². The van der Waals surface area contributed by atoms with Gasteiger partial charge in [0.05, 0.1) is 42.1 Å². The fourth-order valence-corrected chi connectivity index (χ4v) is 5.66. The highest BCUT2D eigenvalue weighted by Crippen LogP contribution is 2.52. The standard InChI is InChI=1S/C27H29NO10/c1-10-22(30)14(28)7-17(37-10)38-16-9-27(35,11(2)29)8-13-19(16)26(34)21-20(24(13)32)23(31)12-5-4-6-15(36-3)18(12)25(21)33/h4-6,10,14,16-17,22,30,32,34-35H,7-9,28H2,1-3H3/t10-,14-,16-,17+,22-,27+/m1/s1.